The predicted octanol–water partition coefficient (Wildman–Crippen LogP) is 2.46. The van der Waals surface area contributed by atoms with E-state index in [1.807, 2.05) is 18.2 Å². The van der Waals surface area contributed by atoms with Gasteiger partial charge in [-0.25, -0.2) is 0 Å². The summed E-state index contributed by atoms with van der Waals surface area (Å²) in [5, 5.41) is 3.46. The highest BCUT2D eigenvalue weighted by Crippen LogP contribution is 2.20. The Hall–Kier alpha value is -1.35. The Morgan fingerprint density at radius 3 is 3.00 bits per heavy atom. The van der Waals surface area contributed by atoms with Crippen LogP contribution in [0.5, 0.6) is 0 Å². The third-order valence-electron chi connectivity index (χ3n) is 4.62. The molecule has 0 aromatic heterocycles. The largest absolute Gasteiger partial charge is 0.339 e. The van der Waals surface area contributed by atoms with Crippen LogP contribution in [0.25, 0.3) is 0 Å². The molecule has 2 aliphatic rings. The Morgan fingerprint density at radius 2 is 2.15 bits per heavy atom. The van der Waals surface area contributed by atoms with Gasteiger partial charge in [-0.2, -0.15) is 0 Å². The summed E-state index contributed by atoms with van der Waals surface area (Å²) in [5.74, 6) is 0.983. The van der Waals surface area contributed by atoms with E-state index in [1.165, 1.54) is 18.4 Å². The summed E-state index contributed by atoms with van der Waals surface area (Å²) >= 11 is 0. The van der Waals surface area contributed by atoms with Crippen molar-refractivity contribution in [3.63, 3.8) is 0 Å². The van der Waals surface area contributed by atoms with E-state index in [0.29, 0.717) is 0 Å². The third-order valence-corrected chi connectivity index (χ3v) is 4.62. The van der Waals surface area contributed by atoms with Gasteiger partial charge in [-0.1, -0.05) is 18.2 Å². The van der Waals surface area contributed by atoms with E-state index in [1.54, 1.807) is 0 Å². The Balaban J connectivity index is 1.63. The highest BCUT2D eigenvalue weighted by Gasteiger charge is 2.23. The Kier molecular flexibility index (Phi) is 4.36. The molecule has 1 amide bonds. The molecule has 1 fully saturated rings. The van der Waals surface area contributed by atoms with Crippen molar-refractivity contribution in [2.45, 2.75) is 32.1 Å². The van der Waals surface area contributed by atoms with Crippen LogP contribution in [-0.2, 0) is 6.42 Å². The maximum absolute atomic E-state index is 12.6. The van der Waals surface area contributed by atoms with Crippen LogP contribution in [0.15, 0.2) is 24.3 Å². The number of carbonyl (C=O) groups is 1. The lowest BCUT2D eigenvalue weighted by Gasteiger charge is -2.27. The number of aryl methyl sites for hydroxylation is 1. The average Bonchev–Trinajstić information content (AvgIpc) is 2.66. The summed E-state index contributed by atoms with van der Waals surface area (Å²) in [6.07, 6.45) is 5.85. The van der Waals surface area contributed by atoms with Gasteiger partial charge >= 0.3 is 0 Å². The van der Waals surface area contributed by atoms with Gasteiger partial charge in [0.1, 0.15) is 0 Å². The maximum Gasteiger partial charge on any atom is 0.254 e. The molecule has 108 valence electrons. The average molecular weight is 272 g/mol. The number of nitrogens with zero attached hydrogens (tertiary/aromatic N) is 1. The topological polar surface area (TPSA) is 32.3 Å². The molecular formula is C17H24N2O. The molecule has 3 heteroatoms. The zero-order valence-electron chi connectivity index (χ0n) is 12.1. The minimum Gasteiger partial charge on any atom is -0.339 e. The normalized spacial score (nSPS) is 23.3. The van der Waals surface area contributed by atoms with Crippen LogP contribution >= 0.6 is 0 Å². The van der Waals surface area contributed by atoms with E-state index >= 15 is 0 Å². The van der Waals surface area contributed by atoms with E-state index in [0.717, 1.165) is 56.9 Å². The van der Waals surface area contributed by atoms with E-state index in [-0.39, 0.29) is 5.91 Å². The van der Waals surface area contributed by atoms with Gasteiger partial charge in [-0.05, 0) is 62.7 Å². The first kappa shape index (κ1) is 13.6. The Labute approximate surface area is 121 Å². The SMILES string of the molecule is O=C1c2ccccc2CCCN1CCC1CCCNC1. The van der Waals surface area contributed by atoms with Gasteiger partial charge in [0, 0.05) is 18.7 Å². The van der Waals surface area contributed by atoms with E-state index in [4.69, 9.17) is 0 Å². The molecule has 0 saturated carbocycles. The van der Waals surface area contributed by atoms with E-state index in [2.05, 4.69) is 16.3 Å². The van der Waals surface area contributed by atoms with Crippen molar-refractivity contribution in [1.82, 2.24) is 10.2 Å². The number of fused-ring (bicyclic) bond motifs is 1. The van der Waals surface area contributed by atoms with Gasteiger partial charge in [0.15, 0.2) is 0 Å². The molecule has 3 rings (SSSR count). The van der Waals surface area contributed by atoms with Gasteiger partial charge in [0.2, 0.25) is 0 Å². The Bertz CT molecular complexity index is 466. The molecular weight excluding hydrogens is 248 g/mol. The molecule has 3 nitrogen and oxygen atoms in total. The lowest BCUT2D eigenvalue weighted by Crippen LogP contribution is -2.36. The maximum atomic E-state index is 12.6. The number of benzene rings is 1. The number of hydrogen-bond donors (Lipinski definition) is 1. The molecule has 0 spiro atoms. The van der Waals surface area contributed by atoms with Crippen molar-refractivity contribution in [3.05, 3.63) is 35.4 Å². The summed E-state index contributed by atoms with van der Waals surface area (Å²) in [7, 11) is 0. The summed E-state index contributed by atoms with van der Waals surface area (Å²) in [6.45, 7) is 4.11. The van der Waals surface area contributed by atoms with Crippen molar-refractivity contribution in [2.75, 3.05) is 26.2 Å². The molecule has 1 N–H and O–H groups in total. The van der Waals surface area contributed by atoms with Crippen molar-refractivity contribution in [1.29, 1.82) is 0 Å². The monoisotopic (exact) mass is 272 g/mol. The molecule has 0 aliphatic carbocycles. The van der Waals surface area contributed by atoms with Crippen LogP contribution in [0, 0.1) is 5.92 Å². The fourth-order valence-electron chi connectivity index (χ4n) is 3.40. The molecule has 20 heavy (non-hydrogen) atoms. The van der Waals surface area contributed by atoms with Crippen LogP contribution in [0.1, 0.15) is 41.6 Å². The second kappa shape index (κ2) is 6.40. The highest BCUT2D eigenvalue weighted by atomic mass is 16.2. The summed E-state index contributed by atoms with van der Waals surface area (Å²) in [5.41, 5.74) is 2.14. The minimum atomic E-state index is 0.238. The van der Waals surface area contributed by atoms with Crippen molar-refractivity contribution >= 4 is 5.91 Å². The molecule has 1 unspecified atom stereocenters. The molecule has 2 heterocycles. The molecule has 1 aromatic rings. The fourth-order valence-corrected chi connectivity index (χ4v) is 3.40. The number of rotatable bonds is 3. The zero-order valence-corrected chi connectivity index (χ0v) is 12.1. The zero-order chi connectivity index (χ0) is 13.8. The highest BCUT2D eigenvalue weighted by molar-refractivity contribution is 5.96. The number of hydrogen-bond acceptors (Lipinski definition) is 2. The molecule has 2 aliphatic heterocycles. The quantitative estimate of drug-likeness (QED) is 0.916. The van der Waals surface area contributed by atoms with Crippen LogP contribution in [-0.4, -0.2) is 37.0 Å². The van der Waals surface area contributed by atoms with Gasteiger partial charge in [-0.3, -0.25) is 4.79 Å². The first-order chi connectivity index (χ1) is 9.84. The summed E-state index contributed by atoms with van der Waals surface area (Å²) < 4.78 is 0. The van der Waals surface area contributed by atoms with E-state index in [9.17, 15) is 4.79 Å². The lowest BCUT2D eigenvalue weighted by molar-refractivity contribution is 0.0749. The van der Waals surface area contributed by atoms with Crippen LogP contribution in [0.3, 0.4) is 0 Å². The fraction of sp³-hybridized carbons (Fsp3) is 0.588. The number of piperidine rings is 1. The smallest absolute Gasteiger partial charge is 0.254 e. The van der Waals surface area contributed by atoms with Crippen molar-refractivity contribution < 1.29 is 4.79 Å². The van der Waals surface area contributed by atoms with Gasteiger partial charge in [0.05, 0.1) is 0 Å². The van der Waals surface area contributed by atoms with Crippen LogP contribution < -0.4 is 5.32 Å². The summed E-state index contributed by atoms with van der Waals surface area (Å²) in [4.78, 5) is 14.7. The Morgan fingerprint density at radius 1 is 1.25 bits per heavy atom. The summed E-state index contributed by atoms with van der Waals surface area (Å²) in [6, 6.07) is 8.10. The van der Waals surface area contributed by atoms with Gasteiger partial charge < -0.3 is 10.2 Å². The standard InChI is InChI=1S/C17H24N2O/c20-17-16-8-2-1-6-15(16)7-4-11-19(17)12-9-14-5-3-10-18-13-14/h1-2,6,8,14,18H,3-5,7,9-13H2. The van der Waals surface area contributed by atoms with E-state index < -0.39 is 0 Å². The third kappa shape index (κ3) is 3.04. The molecule has 0 radical (unpaired) electrons. The molecule has 1 aromatic carbocycles. The number of amides is 1. The van der Waals surface area contributed by atoms with Gasteiger partial charge in [0.25, 0.3) is 5.91 Å². The van der Waals surface area contributed by atoms with Crippen molar-refractivity contribution in [2.24, 2.45) is 5.92 Å². The first-order valence-electron chi connectivity index (χ1n) is 7.92. The second-order valence-electron chi connectivity index (χ2n) is 6.05. The predicted molar refractivity (Wildman–Crippen MR) is 80.9 cm³/mol. The molecule has 0 bridgehead atoms. The van der Waals surface area contributed by atoms with Gasteiger partial charge in [-0.15, -0.1) is 0 Å². The van der Waals surface area contributed by atoms with Crippen LogP contribution in [0.2, 0.25) is 0 Å². The van der Waals surface area contributed by atoms with Crippen molar-refractivity contribution in [3.8, 4) is 0 Å². The number of carbonyl (C=O) groups excluding carboxylic acids is 1. The molecule has 1 atom stereocenters. The second-order valence-corrected chi connectivity index (χ2v) is 6.05. The van der Waals surface area contributed by atoms with Crippen LogP contribution in [0.4, 0.5) is 0 Å². The number of nitrogens with one attached hydrogen (secondary N) is 1. The first-order valence-corrected chi connectivity index (χ1v) is 7.92. The minimum absolute atomic E-state index is 0.238. The molecule has 1 saturated heterocycles. The lowest BCUT2D eigenvalue weighted by atomic mass is 9.96.